The van der Waals surface area contributed by atoms with Gasteiger partial charge < -0.3 is 14.8 Å². The van der Waals surface area contributed by atoms with E-state index < -0.39 is 5.97 Å². The Morgan fingerprint density at radius 1 is 1.04 bits per heavy atom. The second-order valence-electron chi connectivity index (χ2n) is 5.66. The molecular formula is C20H18N2O4S. The molecule has 3 rings (SSSR count). The summed E-state index contributed by atoms with van der Waals surface area (Å²) >= 11 is 1.28. The van der Waals surface area contributed by atoms with Crippen LogP contribution in [0.2, 0.25) is 0 Å². The van der Waals surface area contributed by atoms with Crippen LogP contribution in [0.3, 0.4) is 0 Å². The molecule has 1 amide bonds. The van der Waals surface area contributed by atoms with Crippen molar-refractivity contribution in [2.75, 3.05) is 5.32 Å². The van der Waals surface area contributed by atoms with E-state index in [9.17, 15) is 9.59 Å². The standard InChI is InChI=1S/C20H18N2O4S/c1-14(23)21-20-22-16(13-27-20)12-26-19(24)18-10-6-5-7-15(18)11-25-17-8-3-2-4-9-17/h2-10,13H,11-12H2,1H3,(H,21,22,23). The lowest BCUT2D eigenvalue weighted by Crippen LogP contribution is -2.10. The number of carbonyl (C=O) groups excluding carboxylic acids is 2. The van der Waals surface area contributed by atoms with Crippen molar-refractivity contribution < 1.29 is 19.1 Å². The van der Waals surface area contributed by atoms with Crippen LogP contribution in [0.5, 0.6) is 5.75 Å². The van der Waals surface area contributed by atoms with Crippen LogP contribution in [0.4, 0.5) is 5.13 Å². The summed E-state index contributed by atoms with van der Waals surface area (Å²) in [6.45, 7) is 1.71. The first kappa shape index (κ1) is 18.6. The first-order valence-corrected chi connectivity index (χ1v) is 9.14. The Labute approximate surface area is 160 Å². The van der Waals surface area contributed by atoms with Crippen molar-refractivity contribution in [3.63, 3.8) is 0 Å². The van der Waals surface area contributed by atoms with Gasteiger partial charge in [-0.05, 0) is 18.2 Å². The summed E-state index contributed by atoms with van der Waals surface area (Å²) in [6, 6.07) is 16.6. The van der Waals surface area contributed by atoms with Gasteiger partial charge in [-0.25, -0.2) is 9.78 Å². The third kappa shape index (κ3) is 5.39. The maximum Gasteiger partial charge on any atom is 0.338 e. The van der Waals surface area contributed by atoms with Crippen molar-refractivity contribution in [3.05, 3.63) is 76.8 Å². The van der Waals surface area contributed by atoms with E-state index >= 15 is 0 Å². The van der Waals surface area contributed by atoms with Crippen molar-refractivity contribution >= 4 is 28.3 Å². The highest BCUT2D eigenvalue weighted by atomic mass is 32.1. The molecule has 3 aromatic rings. The zero-order valence-corrected chi connectivity index (χ0v) is 15.5. The molecule has 0 aliphatic carbocycles. The largest absolute Gasteiger partial charge is 0.489 e. The Hall–Kier alpha value is -3.19. The third-order valence-corrected chi connectivity index (χ3v) is 4.37. The Kier molecular flexibility index (Phi) is 6.17. The van der Waals surface area contributed by atoms with Crippen LogP contribution in [-0.4, -0.2) is 16.9 Å². The van der Waals surface area contributed by atoms with Gasteiger partial charge in [0, 0.05) is 17.9 Å². The van der Waals surface area contributed by atoms with Gasteiger partial charge in [0.25, 0.3) is 0 Å². The number of nitrogens with one attached hydrogen (secondary N) is 1. The number of aromatic nitrogens is 1. The molecule has 0 fully saturated rings. The number of nitrogens with zero attached hydrogens (tertiary/aromatic N) is 1. The number of hydrogen-bond acceptors (Lipinski definition) is 6. The van der Waals surface area contributed by atoms with Gasteiger partial charge in [-0.15, -0.1) is 11.3 Å². The van der Waals surface area contributed by atoms with Gasteiger partial charge in [-0.1, -0.05) is 36.4 Å². The second kappa shape index (κ2) is 8.95. The van der Waals surface area contributed by atoms with Gasteiger partial charge in [-0.2, -0.15) is 0 Å². The summed E-state index contributed by atoms with van der Waals surface area (Å²) < 4.78 is 11.1. The van der Waals surface area contributed by atoms with E-state index in [0.29, 0.717) is 16.4 Å². The quantitative estimate of drug-likeness (QED) is 0.624. The van der Waals surface area contributed by atoms with Crippen molar-refractivity contribution in [3.8, 4) is 5.75 Å². The average molecular weight is 382 g/mol. The van der Waals surface area contributed by atoms with E-state index in [1.807, 2.05) is 42.5 Å². The molecule has 1 heterocycles. The SMILES string of the molecule is CC(=O)Nc1nc(COC(=O)c2ccccc2COc2ccccc2)cs1. The number of thiazole rings is 1. The molecule has 0 saturated heterocycles. The molecule has 0 saturated carbocycles. The van der Waals surface area contributed by atoms with Crippen molar-refractivity contribution in [2.45, 2.75) is 20.1 Å². The number of para-hydroxylation sites is 1. The number of rotatable bonds is 7. The predicted octanol–water partition coefficient (Wildman–Crippen LogP) is 4.04. The highest BCUT2D eigenvalue weighted by Gasteiger charge is 2.14. The van der Waals surface area contributed by atoms with Crippen LogP contribution in [0.1, 0.15) is 28.5 Å². The van der Waals surface area contributed by atoms with Crippen LogP contribution < -0.4 is 10.1 Å². The molecule has 0 aliphatic heterocycles. The van der Waals surface area contributed by atoms with Crippen LogP contribution in [0.25, 0.3) is 0 Å². The summed E-state index contributed by atoms with van der Waals surface area (Å²) in [5.74, 6) is 0.0882. The minimum Gasteiger partial charge on any atom is -0.489 e. The minimum atomic E-state index is -0.448. The van der Waals surface area contributed by atoms with Gasteiger partial charge in [0.05, 0.1) is 11.3 Å². The third-order valence-electron chi connectivity index (χ3n) is 3.56. The number of hydrogen-bond donors (Lipinski definition) is 1. The summed E-state index contributed by atoms with van der Waals surface area (Å²) in [5, 5.41) is 4.81. The van der Waals surface area contributed by atoms with Crippen molar-refractivity contribution in [2.24, 2.45) is 0 Å². The van der Waals surface area contributed by atoms with Crippen LogP contribution >= 0.6 is 11.3 Å². The lowest BCUT2D eigenvalue weighted by Gasteiger charge is -2.10. The number of ether oxygens (including phenoxy) is 2. The first-order valence-electron chi connectivity index (χ1n) is 8.26. The van der Waals surface area contributed by atoms with Crippen LogP contribution in [-0.2, 0) is 22.7 Å². The molecule has 0 radical (unpaired) electrons. The zero-order valence-electron chi connectivity index (χ0n) is 14.7. The topological polar surface area (TPSA) is 77.5 Å². The zero-order chi connectivity index (χ0) is 19.1. The van der Waals surface area contributed by atoms with E-state index in [0.717, 1.165) is 11.3 Å². The van der Waals surface area contributed by atoms with E-state index in [2.05, 4.69) is 10.3 Å². The van der Waals surface area contributed by atoms with Gasteiger partial charge in [0.15, 0.2) is 5.13 Å². The summed E-state index contributed by atoms with van der Waals surface area (Å²) in [6.07, 6.45) is 0. The lowest BCUT2D eigenvalue weighted by atomic mass is 10.1. The average Bonchev–Trinajstić information content (AvgIpc) is 3.12. The minimum absolute atomic E-state index is 0.0306. The molecule has 0 unspecified atom stereocenters. The highest BCUT2D eigenvalue weighted by Crippen LogP contribution is 2.18. The van der Waals surface area contributed by atoms with Crippen molar-refractivity contribution in [1.82, 2.24) is 4.98 Å². The molecule has 0 spiro atoms. The van der Waals surface area contributed by atoms with Crippen LogP contribution in [0.15, 0.2) is 60.0 Å². The summed E-state index contributed by atoms with van der Waals surface area (Å²) in [5.41, 5.74) is 1.77. The molecule has 0 atom stereocenters. The predicted molar refractivity (Wildman–Crippen MR) is 103 cm³/mol. The van der Waals surface area contributed by atoms with Gasteiger partial charge in [-0.3, -0.25) is 4.79 Å². The molecule has 138 valence electrons. The monoisotopic (exact) mass is 382 g/mol. The van der Waals surface area contributed by atoms with E-state index in [4.69, 9.17) is 9.47 Å². The fourth-order valence-electron chi connectivity index (χ4n) is 2.32. The Bertz CT molecular complexity index is 924. The van der Waals surface area contributed by atoms with E-state index in [-0.39, 0.29) is 19.1 Å². The normalized spacial score (nSPS) is 10.3. The smallest absolute Gasteiger partial charge is 0.338 e. The molecule has 1 N–H and O–H groups in total. The number of amides is 1. The molecule has 0 aliphatic rings. The fraction of sp³-hybridized carbons (Fsp3) is 0.150. The molecule has 2 aromatic carbocycles. The maximum atomic E-state index is 12.5. The fourth-order valence-corrected chi connectivity index (χ4v) is 3.06. The Morgan fingerprint density at radius 3 is 2.56 bits per heavy atom. The number of esters is 1. The second-order valence-corrected chi connectivity index (χ2v) is 6.52. The highest BCUT2D eigenvalue weighted by molar-refractivity contribution is 7.13. The summed E-state index contributed by atoms with van der Waals surface area (Å²) in [4.78, 5) is 27.7. The van der Waals surface area contributed by atoms with Gasteiger partial charge >= 0.3 is 5.97 Å². The van der Waals surface area contributed by atoms with E-state index in [1.165, 1.54) is 18.3 Å². The van der Waals surface area contributed by atoms with Gasteiger partial charge in [0.1, 0.15) is 19.0 Å². The number of carbonyl (C=O) groups is 2. The first-order chi connectivity index (χ1) is 13.1. The molecular weight excluding hydrogens is 364 g/mol. The lowest BCUT2D eigenvalue weighted by molar-refractivity contribution is -0.114. The molecule has 6 nitrogen and oxygen atoms in total. The van der Waals surface area contributed by atoms with E-state index in [1.54, 1.807) is 17.5 Å². The van der Waals surface area contributed by atoms with Gasteiger partial charge in [0.2, 0.25) is 5.91 Å². The molecule has 1 aromatic heterocycles. The summed E-state index contributed by atoms with van der Waals surface area (Å²) in [7, 11) is 0. The Morgan fingerprint density at radius 2 is 1.78 bits per heavy atom. The van der Waals surface area contributed by atoms with Crippen molar-refractivity contribution in [1.29, 1.82) is 0 Å². The molecule has 27 heavy (non-hydrogen) atoms. The number of benzene rings is 2. The van der Waals surface area contributed by atoms with Crippen LogP contribution in [0, 0.1) is 0 Å². The maximum absolute atomic E-state index is 12.5. The molecule has 0 bridgehead atoms. The Balaban J connectivity index is 1.61. The number of anilines is 1. The molecule has 7 heteroatoms.